The minimum absolute atomic E-state index is 0.253. The SMILES string of the molecule is COc1cccc2cc(C(=O)NCc3ccc(OC4CCCC4)nc3)oc12. The molecule has 140 valence electrons. The lowest BCUT2D eigenvalue weighted by atomic mass is 10.2. The molecule has 2 heterocycles. The molecule has 1 N–H and O–H groups in total. The van der Waals surface area contributed by atoms with Crippen LogP contribution in [0, 0.1) is 0 Å². The number of fused-ring (bicyclic) bond motifs is 1. The van der Waals surface area contributed by atoms with E-state index in [1.54, 1.807) is 25.4 Å². The van der Waals surface area contributed by atoms with Gasteiger partial charge in [0.05, 0.1) is 7.11 Å². The highest BCUT2D eigenvalue weighted by Gasteiger charge is 2.17. The number of para-hydroxylation sites is 1. The molecular formula is C21H22N2O4. The van der Waals surface area contributed by atoms with Crippen LogP contribution in [-0.4, -0.2) is 24.1 Å². The number of hydrogen-bond acceptors (Lipinski definition) is 5. The minimum Gasteiger partial charge on any atom is -0.493 e. The number of nitrogens with zero attached hydrogens (tertiary/aromatic N) is 1. The number of rotatable bonds is 6. The van der Waals surface area contributed by atoms with Crippen molar-refractivity contribution >= 4 is 16.9 Å². The van der Waals surface area contributed by atoms with Crippen LogP contribution in [0.15, 0.2) is 47.0 Å². The number of carbonyl (C=O) groups excluding carboxylic acids is 1. The van der Waals surface area contributed by atoms with E-state index in [1.165, 1.54) is 12.8 Å². The Bertz CT molecular complexity index is 927. The van der Waals surface area contributed by atoms with E-state index in [9.17, 15) is 4.79 Å². The number of ether oxygens (including phenoxy) is 2. The standard InChI is InChI=1S/C21H22N2O4/c1-25-17-8-4-5-15-11-18(27-20(15)17)21(24)23-13-14-9-10-19(22-12-14)26-16-6-2-3-7-16/h4-5,8-12,16H,2-3,6-7,13H2,1H3,(H,23,24). The summed E-state index contributed by atoms with van der Waals surface area (Å²) in [6.45, 7) is 0.365. The topological polar surface area (TPSA) is 73.6 Å². The van der Waals surface area contributed by atoms with E-state index in [4.69, 9.17) is 13.9 Å². The van der Waals surface area contributed by atoms with Gasteiger partial charge in [-0.1, -0.05) is 18.2 Å². The zero-order valence-corrected chi connectivity index (χ0v) is 15.2. The number of amides is 1. The zero-order valence-electron chi connectivity index (χ0n) is 15.2. The Hall–Kier alpha value is -3.02. The fourth-order valence-electron chi connectivity index (χ4n) is 3.34. The second-order valence-corrected chi connectivity index (χ2v) is 6.70. The molecule has 0 saturated heterocycles. The molecular weight excluding hydrogens is 344 g/mol. The number of benzene rings is 1. The lowest BCUT2D eigenvalue weighted by molar-refractivity contribution is 0.0925. The average molecular weight is 366 g/mol. The number of pyridine rings is 1. The van der Waals surface area contributed by atoms with E-state index in [-0.39, 0.29) is 17.8 Å². The number of hydrogen-bond donors (Lipinski definition) is 1. The van der Waals surface area contributed by atoms with E-state index in [1.807, 2.05) is 24.3 Å². The van der Waals surface area contributed by atoms with Gasteiger partial charge in [-0.05, 0) is 43.4 Å². The number of aromatic nitrogens is 1. The minimum atomic E-state index is -0.278. The molecule has 0 aliphatic heterocycles. The van der Waals surface area contributed by atoms with Crippen LogP contribution in [0.25, 0.3) is 11.0 Å². The van der Waals surface area contributed by atoms with Crippen molar-refractivity contribution in [3.8, 4) is 11.6 Å². The molecule has 0 radical (unpaired) electrons. The van der Waals surface area contributed by atoms with Crippen molar-refractivity contribution in [2.45, 2.75) is 38.3 Å². The predicted molar refractivity (Wildman–Crippen MR) is 101 cm³/mol. The molecule has 4 rings (SSSR count). The second-order valence-electron chi connectivity index (χ2n) is 6.70. The van der Waals surface area contributed by atoms with Crippen molar-refractivity contribution in [2.24, 2.45) is 0 Å². The van der Waals surface area contributed by atoms with Crippen LogP contribution in [0.2, 0.25) is 0 Å². The van der Waals surface area contributed by atoms with Crippen LogP contribution in [0.5, 0.6) is 11.6 Å². The van der Waals surface area contributed by atoms with Crippen molar-refractivity contribution in [2.75, 3.05) is 7.11 Å². The monoisotopic (exact) mass is 366 g/mol. The fraction of sp³-hybridized carbons (Fsp3) is 0.333. The van der Waals surface area contributed by atoms with Crippen LogP contribution in [0.3, 0.4) is 0 Å². The van der Waals surface area contributed by atoms with Gasteiger partial charge in [-0.25, -0.2) is 4.98 Å². The third-order valence-electron chi connectivity index (χ3n) is 4.79. The van der Waals surface area contributed by atoms with Gasteiger partial charge < -0.3 is 19.2 Å². The van der Waals surface area contributed by atoms with Gasteiger partial charge in [0.1, 0.15) is 6.10 Å². The van der Waals surface area contributed by atoms with Crippen LogP contribution >= 0.6 is 0 Å². The van der Waals surface area contributed by atoms with Gasteiger partial charge >= 0.3 is 0 Å². The first-order valence-corrected chi connectivity index (χ1v) is 9.19. The smallest absolute Gasteiger partial charge is 0.287 e. The number of methoxy groups -OCH3 is 1. The van der Waals surface area contributed by atoms with Crippen LogP contribution in [-0.2, 0) is 6.54 Å². The summed E-state index contributed by atoms with van der Waals surface area (Å²) in [5.41, 5.74) is 1.47. The molecule has 1 saturated carbocycles. The molecule has 1 fully saturated rings. The molecule has 6 heteroatoms. The maximum absolute atomic E-state index is 12.4. The van der Waals surface area contributed by atoms with Gasteiger partial charge in [0.2, 0.25) is 5.88 Å². The number of carbonyl (C=O) groups is 1. The Morgan fingerprint density at radius 3 is 2.85 bits per heavy atom. The molecule has 1 amide bonds. The molecule has 6 nitrogen and oxygen atoms in total. The van der Waals surface area contributed by atoms with Crippen molar-refractivity contribution in [3.63, 3.8) is 0 Å². The zero-order chi connectivity index (χ0) is 18.6. The first kappa shape index (κ1) is 17.4. The molecule has 0 bridgehead atoms. The molecule has 1 aliphatic carbocycles. The highest BCUT2D eigenvalue weighted by atomic mass is 16.5. The number of nitrogens with one attached hydrogen (secondary N) is 1. The Morgan fingerprint density at radius 1 is 1.26 bits per heavy atom. The van der Waals surface area contributed by atoms with Gasteiger partial charge in [0.15, 0.2) is 17.1 Å². The second kappa shape index (κ2) is 7.70. The summed E-state index contributed by atoms with van der Waals surface area (Å²) in [6.07, 6.45) is 6.66. The van der Waals surface area contributed by atoms with E-state index >= 15 is 0 Å². The van der Waals surface area contributed by atoms with E-state index in [0.29, 0.717) is 23.8 Å². The van der Waals surface area contributed by atoms with Gasteiger partial charge in [0, 0.05) is 24.2 Å². The summed E-state index contributed by atoms with van der Waals surface area (Å²) in [5, 5.41) is 3.68. The van der Waals surface area contributed by atoms with Gasteiger partial charge in [-0.15, -0.1) is 0 Å². The fourth-order valence-corrected chi connectivity index (χ4v) is 3.34. The molecule has 0 atom stereocenters. The van der Waals surface area contributed by atoms with Crippen molar-refractivity contribution in [1.29, 1.82) is 0 Å². The Balaban J connectivity index is 1.37. The molecule has 1 aliphatic rings. The quantitative estimate of drug-likeness (QED) is 0.711. The van der Waals surface area contributed by atoms with Gasteiger partial charge in [-0.3, -0.25) is 4.79 Å². The molecule has 0 unspecified atom stereocenters. The van der Waals surface area contributed by atoms with Crippen molar-refractivity contribution in [3.05, 3.63) is 53.9 Å². The third kappa shape index (κ3) is 3.89. The van der Waals surface area contributed by atoms with Crippen molar-refractivity contribution in [1.82, 2.24) is 10.3 Å². The molecule has 3 aromatic rings. The first-order valence-electron chi connectivity index (χ1n) is 9.19. The normalized spacial score (nSPS) is 14.4. The van der Waals surface area contributed by atoms with Crippen LogP contribution in [0.4, 0.5) is 0 Å². The predicted octanol–water partition coefficient (Wildman–Crippen LogP) is 4.09. The summed E-state index contributed by atoms with van der Waals surface area (Å²) in [6, 6.07) is 11.0. The molecule has 0 spiro atoms. The van der Waals surface area contributed by atoms with Crippen LogP contribution < -0.4 is 14.8 Å². The van der Waals surface area contributed by atoms with Crippen LogP contribution in [0.1, 0.15) is 41.8 Å². The summed E-state index contributed by atoms with van der Waals surface area (Å²) in [7, 11) is 1.57. The van der Waals surface area contributed by atoms with Gasteiger partial charge in [0.25, 0.3) is 5.91 Å². The Kier molecular flexibility index (Phi) is 4.96. The maximum Gasteiger partial charge on any atom is 0.287 e. The molecule has 1 aromatic carbocycles. The number of furan rings is 1. The summed E-state index contributed by atoms with van der Waals surface area (Å²) < 4.78 is 16.8. The first-order chi connectivity index (χ1) is 13.2. The highest BCUT2D eigenvalue weighted by molar-refractivity contribution is 5.97. The summed E-state index contributed by atoms with van der Waals surface area (Å²) >= 11 is 0. The largest absolute Gasteiger partial charge is 0.493 e. The Labute approximate surface area is 157 Å². The lowest BCUT2D eigenvalue weighted by Crippen LogP contribution is -2.22. The molecule has 2 aromatic heterocycles. The summed E-state index contributed by atoms with van der Waals surface area (Å²) in [5.74, 6) is 1.22. The lowest BCUT2D eigenvalue weighted by Gasteiger charge is -2.12. The molecule has 27 heavy (non-hydrogen) atoms. The average Bonchev–Trinajstić information content (AvgIpc) is 3.36. The highest BCUT2D eigenvalue weighted by Crippen LogP contribution is 2.28. The third-order valence-corrected chi connectivity index (χ3v) is 4.79. The van der Waals surface area contributed by atoms with E-state index < -0.39 is 0 Å². The van der Waals surface area contributed by atoms with Gasteiger partial charge in [-0.2, -0.15) is 0 Å². The Morgan fingerprint density at radius 2 is 2.11 bits per heavy atom. The maximum atomic E-state index is 12.4. The van der Waals surface area contributed by atoms with E-state index in [0.717, 1.165) is 23.8 Å². The van der Waals surface area contributed by atoms with Crippen molar-refractivity contribution < 1.29 is 18.7 Å². The summed E-state index contributed by atoms with van der Waals surface area (Å²) in [4.78, 5) is 16.7. The van der Waals surface area contributed by atoms with E-state index in [2.05, 4.69) is 10.3 Å².